The summed E-state index contributed by atoms with van der Waals surface area (Å²) < 4.78 is 13.0. The Kier molecular flexibility index (Phi) is 2.55. The summed E-state index contributed by atoms with van der Waals surface area (Å²) in [6.07, 6.45) is 1.53. The molecule has 2 heteroatoms. The lowest BCUT2D eigenvalue weighted by molar-refractivity contribution is -0.0148. The van der Waals surface area contributed by atoms with Crippen LogP contribution in [-0.4, -0.2) is 5.11 Å². The monoisotopic (exact) mass is 208 g/mol. The zero-order valence-corrected chi connectivity index (χ0v) is 9.20. The molecule has 1 aliphatic rings. The van der Waals surface area contributed by atoms with Gasteiger partial charge in [-0.15, -0.1) is 0 Å². The summed E-state index contributed by atoms with van der Waals surface area (Å²) in [7, 11) is 0. The highest BCUT2D eigenvalue weighted by Gasteiger charge is 2.40. The molecule has 1 aliphatic carbocycles. The zero-order chi connectivity index (χ0) is 11.1. The lowest BCUT2D eigenvalue weighted by Gasteiger charge is -2.45. The Bertz CT molecular complexity index is 351. The van der Waals surface area contributed by atoms with Crippen LogP contribution in [0, 0.1) is 17.2 Å². The van der Waals surface area contributed by atoms with Gasteiger partial charge in [0.15, 0.2) is 0 Å². The lowest BCUT2D eigenvalue weighted by Crippen LogP contribution is -2.35. The molecule has 1 fully saturated rings. The number of rotatable bonds is 2. The number of hydrogen-bond acceptors (Lipinski definition) is 1. The van der Waals surface area contributed by atoms with E-state index in [1.165, 1.54) is 12.1 Å². The van der Waals surface area contributed by atoms with Gasteiger partial charge in [0.25, 0.3) is 0 Å². The molecule has 0 aromatic heterocycles. The Morgan fingerprint density at radius 1 is 1.40 bits per heavy atom. The second-order valence-corrected chi connectivity index (χ2v) is 5.33. The van der Waals surface area contributed by atoms with E-state index in [1.54, 1.807) is 12.1 Å². The Balaban J connectivity index is 2.06. The first-order chi connectivity index (χ1) is 6.98. The highest BCUT2D eigenvalue weighted by atomic mass is 19.1. The average molecular weight is 208 g/mol. The summed E-state index contributed by atoms with van der Waals surface area (Å²) in [6.45, 7) is 4.39. The maximum atomic E-state index is 13.0. The molecule has 2 rings (SSSR count). The number of aliphatic hydroxyl groups excluding tert-OH is 1. The largest absolute Gasteiger partial charge is 0.388 e. The van der Waals surface area contributed by atoms with Gasteiger partial charge in [-0.3, -0.25) is 0 Å². The van der Waals surface area contributed by atoms with Crippen LogP contribution in [0.3, 0.4) is 0 Å². The highest BCUT2D eigenvalue weighted by Crippen LogP contribution is 2.50. The fraction of sp³-hybridized carbons (Fsp3) is 0.538. The van der Waals surface area contributed by atoms with Crippen LogP contribution in [0.2, 0.25) is 0 Å². The van der Waals surface area contributed by atoms with Gasteiger partial charge in [0, 0.05) is 0 Å². The van der Waals surface area contributed by atoms with Crippen molar-refractivity contribution in [2.24, 2.45) is 11.3 Å². The topological polar surface area (TPSA) is 20.2 Å². The third kappa shape index (κ3) is 2.20. The van der Waals surface area contributed by atoms with Crippen molar-refractivity contribution < 1.29 is 9.50 Å². The van der Waals surface area contributed by atoms with Crippen LogP contribution in [0.4, 0.5) is 4.39 Å². The van der Waals surface area contributed by atoms with Crippen molar-refractivity contribution in [3.05, 3.63) is 35.6 Å². The van der Waals surface area contributed by atoms with E-state index in [2.05, 4.69) is 13.8 Å². The van der Waals surface area contributed by atoms with Crippen molar-refractivity contribution in [2.75, 3.05) is 0 Å². The first kappa shape index (κ1) is 10.6. The van der Waals surface area contributed by atoms with Gasteiger partial charge in [0.1, 0.15) is 5.82 Å². The standard InChI is InChI=1S/C13H17FO/c1-13(2)7-10(8-13)12(15)9-4-3-5-11(14)6-9/h3-6,10,12,15H,7-8H2,1-2H3/t12-/m1/s1. The fourth-order valence-electron chi connectivity index (χ4n) is 2.55. The molecular weight excluding hydrogens is 191 g/mol. The van der Waals surface area contributed by atoms with E-state index in [4.69, 9.17) is 0 Å². The van der Waals surface area contributed by atoms with Crippen molar-refractivity contribution in [2.45, 2.75) is 32.8 Å². The Hall–Kier alpha value is -0.890. The molecule has 1 nitrogen and oxygen atoms in total. The first-order valence-corrected chi connectivity index (χ1v) is 5.41. The molecule has 0 heterocycles. The van der Waals surface area contributed by atoms with E-state index in [9.17, 15) is 9.50 Å². The molecule has 0 aliphatic heterocycles. The van der Waals surface area contributed by atoms with Crippen LogP contribution in [0.25, 0.3) is 0 Å². The second kappa shape index (κ2) is 3.60. The normalized spacial score (nSPS) is 22.1. The predicted molar refractivity (Wildman–Crippen MR) is 57.9 cm³/mol. The number of hydrogen-bond donors (Lipinski definition) is 1. The summed E-state index contributed by atoms with van der Waals surface area (Å²) >= 11 is 0. The third-order valence-electron chi connectivity index (χ3n) is 3.27. The van der Waals surface area contributed by atoms with Crippen molar-refractivity contribution in [3.63, 3.8) is 0 Å². The Morgan fingerprint density at radius 3 is 2.60 bits per heavy atom. The summed E-state index contributed by atoms with van der Waals surface area (Å²) in [5.74, 6) is 0.0203. The van der Waals surface area contributed by atoms with Gasteiger partial charge < -0.3 is 5.11 Å². The third-order valence-corrected chi connectivity index (χ3v) is 3.27. The first-order valence-electron chi connectivity index (χ1n) is 5.41. The highest BCUT2D eigenvalue weighted by molar-refractivity contribution is 5.20. The molecular formula is C13H17FO. The van der Waals surface area contributed by atoms with Crippen LogP contribution >= 0.6 is 0 Å². The van der Waals surface area contributed by atoms with Gasteiger partial charge in [0.2, 0.25) is 0 Å². The van der Waals surface area contributed by atoms with Crippen molar-refractivity contribution in [1.82, 2.24) is 0 Å². The van der Waals surface area contributed by atoms with E-state index < -0.39 is 6.10 Å². The van der Waals surface area contributed by atoms with Crippen LogP contribution in [0.5, 0.6) is 0 Å². The zero-order valence-electron chi connectivity index (χ0n) is 9.20. The van der Waals surface area contributed by atoms with Crippen LogP contribution in [-0.2, 0) is 0 Å². The van der Waals surface area contributed by atoms with Gasteiger partial charge in [-0.2, -0.15) is 0 Å². The van der Waals surface area contributed by atoms with E-state index >= 15 is 0 Å². The molecule has 15 heavy (non-hydrogen) atoms. The minimum atomic E-state index is -0.506. The van der Waals surface area contributed by atoms with Crippen molar-refractivity contribution in [1.29, 1.82) is 0 Å². The van der Waals surface area contributed by atoms with Gasteiger partial charge in [0.05, 0.1) is 6.10 Å². The molecule has 1 aromatic rings. The van der Waals surface area contributed by atoms with E-state index in [0.717, 1.165) is 12.8 Å². The summed E-state index contributed by atoms with van der Waals surface area (Å²) in [5.41, 5.74) is 1.05. The maximum absolute atomic E-state index is 13.0. The quantitative estimate of drug-likeness (QED) is 0.790. The number of aliphatic hydroxyl groups is 1. The van der Waals surface area contributed by atoms with Gasteiger partial charge >= 0.3 is 0 Å². The molecule has 0 amide bonds. The van der Waals surface area contributed by atoms with Gasteiger partial charge in [-0.25, -0.2) is 4.39 Å². The molecule has 0 unspecified atom stereocenters. The lowest BCUT2D eigenvalue weighted by atomic mass is 9.62. The van der Waals surface area contributed by atoms with E-state index in [-0.39, 0.29) is 5.82 Å². The molecule has 1 N–H and O–H groups in total. The molecule has 1 atom stereocenters. The van der Waals surface area contributed by atoms with Crippen molar-refractivity contribution >= 4 is 0 Å². The minimum Gasteiger partial charge on any atom is -0.388 e. The van der Waals surface area contributed by atoms with E-state index in [1.807, 2.05) is 0 Å². The fourth-order valence-corrected chi connectivity index (χ4v) is 2.55. The van der Waals surface area contributed by atoms with Crippen LogP contribution in [0.15, 0.2) is 24.3 Å². The molecule has 0 spiro atoms. The predicted octanol–water partition coefficient (Wildman–Crippen LogP) is 3.30. The van der Waals surface area contributed by atoms with Crippen LogP contribution in [0.1, 0.15) is 38.4 Å². The molecule has 1 aromatic carbocycles. The number of benzene rings is 1. The Morgan fingerprint density at radius 2 is 2.07 bits per heavy atom. The van der Waals surface area contributed by atoms with Crippen LogP contribution < -0.4 is 0 Å². The SMILES string of the molecule is CC1(C)CC([C@H](O)c2cccc(F)c2)C1. The average Bonchev–Trinajstić information content (AvgIpc) is 2.13. The smallest absolute Gasteiger partial charge is 0.123 e. The summed E-state index contributed by atoms with van der Waals surface area (Å²) in [5, 5.41) is 10.0. The van der Waals surface area contributed by atoms with Gasteiger partial charge in [-0.05, 0) is 41.9 Å². The second-order valence-electron chi connectivity index (χ2n) is 5.33. The van der Waals surface area contributed by atoms with Crippen molar-refractivity contribution in [3.8, 4) is 0 Å². The molecule has 1 saturated carbocycles. The molecule has 0 bridgehead atoms. The Labute approximate surface area is 89.9 Å². The molecule has 0 radical (unpaired) electrons. The molecule has 82 valence electrons. The number of halogens is 1. The van der Waals surface area contributed by atoms with E-state index in [0.29, 0.717) is 16.9 Å². The molecule has 0 saturated heterocycles. The maximum Gasteiger partial charge on any atom is 0.123 e. The minimum absolute atomic E-state index is 0.273. The summed E-state index contributed by atoms with van der Waals surface area (Å²) in [6, 6.07) is 6.27. The van der Waals surface area contributed by atoms with Gasteiger partial charge in [-0.1, -0.05) is 26.0 Å². The summed E-state index contributed by atoms with van der Waals surface area (Å²) in [4.78, 5) is 0.